The summed E-state index contributed by atoms with van der Waals surface area (Å²) in [6.07, 6.45) is 6.52. The summed E-state index contributed by atoms with van der Waals surface area (Å²) in [6, 6.07) is 0. The van der Waals surface area contributed by atoms with Crippen molar-refractivity contribution in [3.05, 3.63) is 0 Å². The summed E-state index contributed by atoms with van der Waals surface area (Å²) < 4.78 is 31.0. The highest BCUT2D eigenvalue weighted by Gasteiger charge is 2.64. The number of ether oxygens (including phenoxy) is 2. The number of quaternary nitrogens is 1. The van der Waals surface area contributed by atoms with E-state index < -0.39 is 16.5 Å². The first kappa shape index (κ1) is 59.0. The average molecular weight is 816 g/mol. The molecule has 9 nitrogen and oxygen atoms in total. The Balaban J connectivity index is -0.000000514. The van der Waals surface area contributed by atoms with Crippen LogP contribution in [0.15, 0.2) is 0 Å². The van der Waals surface area contributed by atoms with Gasteiger partial charge in [0.1, 0.15) is 26.0 Å². The molecule has 0 fully saturated rings. The molecular weight excluding hydrogens is 729 g/mol. The Kier molecular flexibility index (Phi) is 31.0. The fraction of sp³-hybridized carbons (Fsp3) is 0.927. The molecule has 0 aromatic rings. The molecule has 0 saturated carbocycles. The van der Waals surface area contributed by atoms with E-state index in [9.17, 15) is 18.6 Å². The number of carbonyl (C=O) groups is 3. The quantitative estimate of drug-likeness (QED) is 0.0214. The molecule has 3 atom stereocenters. The van der Waals surface area contributed by atoms with Gasteiger partial charge >= 0.3 is 5.97 Å². The minimum atomic E-state index is -1.76. The molecular formula is C41H87N2O7S3+. The number of rotatable bonds is 22. The summed E-state index contributed by atoms with van der Waals surface area (Å²) in [5, 5.41) is 3.22. The predicted octanol–water partition coefficient (Wildman–Crippen LogP) is 9.16. The van der Waals surface area contributed by atoms with Crippen LogP contribution in [0.4, 0.5) is 0 Å². The maximum absolute atomic E-state index is 13.9. The summed E-state index contributed by atoms with van der Waals surface area (Å²) in [5.41, 5.74) is -1.38. The fourth-order valence-corrected chi connectivity index (χ4v) is 7.42. The molecule has 0 rings (SSSR count). The van der Waals surface area contributed by atoms with Crippen molar-refractivity contribution in [2.24, 2.45) is 32.5 Å². The number of unbranched alkanes of at least 4 members (excludes halogenated alkanes) is 2. The molecule has 2 N–H and O–H groups in total. The van der Waals surface area contributed by atoms with Gasteiger partial charge in [-0.3, -0.25) is 9.59 Å². The molecule has 0 aliphatic heterocycles. The van der Waals surface area contributed by atoms with Gasteiger partial charge in [-0.05, 0) is 60.3 Å². The van der Waals surface area contributed by atoms with Crippen LogP contribution in [0.25, 0.3) is 0 Å². The second-order valence-electron chi connectivity index (χ2n) is 18.5. The van der Waals surface area contributed by atoms with Crippen molar-refractivity contribution in [2.45, 2.75) is 148 Å². The van der Waals surface area contributed by atoms with Crippen LogP contribution in [-0.2, 0) is 34.9 Å². The lowest BCUT2D eigenvalue weighted by Crippen LogP contribution is -2.61. The SMILES string of the molecule is CC.CC(C)(C)CC(C)(C)C(C)(C)C(C)(C)C(C)(C(=O)OCC[N+](C)(C)CCCS(=O)O)C(C)(C)C.CNCCOC=O.O=CCCCCC(S)CS. The fourth-order valence-electron chi connectivity index (χ4n) is 6.68. The molecule has 0 aliphatic carbocycles. The molecule has 0 bridgehead atoms. The Bertz CT molecular complexity index is 1010. The van der Waals surface area contributed by atoms with Gasteiger partial charge in [-0.1, -0.05) is 103 Å². The molecule has 0 saturated heterocycles. The third-order valence-corrected chi connectivity index (χ3v) is 13.1. The molecule has 53 heavy (non-hydrogen) atoms. The normalized spacial score (nSPS) is 14.7. The molecule has 0 amide bonds. The van der Waals surface area contributed by atoms with Crippen LogP contribution < -0.4 is 5.32 Å². The Morgan fingerprint density at radius 2 is 1.40 bits per heavy atom. The van der Waals surface area contributed by atoms with Gasteiger partial charge in [0.25, 0.3) is 6.47 Å². The van der Waals surface area contributed by atoms with E-state index in [0.29, 0.717) is 48.8 Å². The Hall–Kier alpha value is -0.660. The number of nitrogens with one attached hydrogen (secondary N) is 1. The van der Waals surface area contributed by atoms with Gasteiger partial charge in [-0.15, -0.1) is 0 Å². The maximum Gasteiger partial charge on any atom is 0.313 e. The van der Waals surface area contributed by atoms with Crippen LogP contribution in [-0.4, -0.2) is 103 Å². The monoisotopic (exact) mass is 816 g/mol. The first-order chi connectivity index (χ1) is 24.0. The van der Waals surface area contributed by atoms with Crippen molar-refractivity contribution in [1.29, 1.82) is 0 Å². The van der Waals surface area contributed by atoms with Gasteiger partial charge in [0.2, 0.25) is 0 Å². The standard InChI is InChI=1S/C28H57NO4S.C7H14OS2.C4H9NO2.C2H6/c1-23(2,3)21-25(7,8)26(9,10)27(11,12)28(13,24(4,5)6)22(30)33-19-18-29(14,15)17-16-20-34(31)32;8-5-3-1-2-4-7(10)6-9;1-5-2-3-7-4-6;1-2/h16-21H2,1-15H3;5,7,9-10H,1-4,6H2;4-5H,2-3H2,1H3;1-2H3/p+1. The number of likely N-dealkylation sites (N-methyl/N-ethyl adjacent to an activating group) is 2. The van der Waals surface area contributed by atoms with Gasteiger partial charge in [-0.2, -0.15) is 25.3 Å². The molecule has 3 unspecified atom stereocenters. The van der Waals surface area contributed by atoms with E-state index in [1.165, 1.54) is 0 Å². The Morgan fingerprint density at radius 1 is 0.868 bits per heavy atom. The van der Waals surface area contributed by atoms with Crippen molar-refractivity contribution in [3.63, 3.8) is 0 Å². The van der Waals surface area contributed by atoms with Gasteiger partial charge in [0.15, 0.2) is 11.1 Å². The van der Waals surface area contributed by atoms with E-state index in [2.05, 4.69) is 139 Å². The zero-order valence-corrected chi connectivity index (χ0v) is 40.2. The average Bonchev–Trinajstić information content (AvgIpc) is 3.02. The molecule has 0 aromatic heterocycles. The van der Waals surface area contributed by atoms with Crippen LogP contribution in [0.1, 0.15) is 142 Å². The summed E-state index contributed by atoms with van der Waals surface area (Å²) in [5.74, 6) is 0.961. The highest BCUT2D eigenvalue weighted by molar-refractivity contribution is 7.84. The lowest BCUT2D eigenvalue weighted by Gasteiger charge is -2.62. The summed E-state index contributed by atoms with van der Waals surface area (Å²) >= 11 is 6.60. The van der Waals surface area contributed by atoms with E-state index in [1.807, 2.05) is 13.8 Å². The highest BCUT2D eigenvalue weighted by Crippen LogP contribution is 2.65. The van der Waals surface area contributed by atoms with Crippen molar-refractivity contribution in [2.75, 3.05) is 65.5 Å². The van der Waals surface area contributed by atoms with Crippen LogP contribution in [0.5, 0.6) is 0 Å². The molecule has 0 heterocycles. The van der Waals surface area contributed by atoms with Crippen molar-refractivity contribution in [1.82, 2.24) is 5.32 Å². The van der Waals surface area contributed by atoms with E-state index in [1.54, 1.807) is 7.05 Å². The van der Waals surface area contributed by atoms with Crippen molar-refractivity contribution < 1.29 is 37.1 Å². The third-order valence-electron chi connectivity index (χ3n) is 11.3. The van der Waals surface area contributed by atoms with E-state index in [-0.39, 0.29) is 38.8 Å². The predicted molar refractivity (Wildman–Crippen MR) is 234 cm³/mol. The minimum absolute atomic E-state index is 0.00673. The maximum atomic E-state index is 13.9. The number of esters is 1. The first-order valence-electron chi connectivity index (χ1n) is 19.5. The molecule has 0 radical (unpaired) electrons. The number of nitrogens with zero attached hydrogens (tertiary/aromatic N) is 1. The zero-order chi connectivity index (χ0) is 43.0. The molecule has 0 spiro atoms. The number of carbonyl (C=O) groups excluding carboxylic acids is 3. The van der Waals surface area contributed by atoms with Crippen LogP contribution in [0.2, 0.25) is 0 Å². The summed E-state index contributed by atoms with van der Waals surface area (Å²) in [6.45, 7) is 36.6. The topological polar surface area (TPSA) is 119 Å². The molecule has 320 valence electrons. The van der Waals surface area contributed by atoms with E-state index in [4.69, 9.17) is 9.29 Å². The van der Waals surface area contributed by atoms with Crippen LogP contribution in [0.3, 0.4) is 0 Å². The number of thiol groups is 2. The number of aldehydes is 1. The second kappa shape index (κ2) is 27.9. The zero-order valence-electron chi connectivity index (χ0n) is 37.6. The Labute approximate surface area is 341 Å². The molecule has 0 aliphatic rings. The van der Waals surface area contributed by atoms with Gasteiger partial charge < -0.3 is 28.6 Å². The van der Waals surface area contributed by atoms with E-state index in [0.717, 1.165) is 50.8 Å². The largest absolute Gasteiger partial charge is 0.467 e. The van der Waals surface area contributed by atoms with Gasteiger partial charge in [0, 0.05) is 30.4 Å². The second-order valence-corrected chi connectivity index (χ2v) is 20.6. The van der Waals surface area contributed by atoms with Crippen molar-refractivity contribution in [3.8, 4) is 0 Å². The summed E-state index contributed by atoms with van der Waals surface area (Å²) in [7, 11) is 5.94. The number of hydrogen-bond acceptors (Lipinski definition) is 9. The van der Waals surface area contributed by atoms with E-state index >= 15 is 0 Å². The molecule has 0 aromatic carbocycles. The Morgan fingerprint density at radius 3 is 1.79 bits per heavy atom. The van der Waals surface area contributed by atoms with Gasteiger partial charge in [-0.25, -0.2) is 4.21 Å². The van der Waals surface area contributed by atoms with Crippen LogP contribution >= 0.6 is 25.3 Å². The van der Waals surface area contributed by atoms with Crippen LogP contribution in [0, 0.1) is 32.5 Å². The highest BCUT2D eigenvalue weighted by atomic mass is 32.2. The minimum Gasteiger partial charge on any atom is -0.467 e. The van der Waals surface area contributed by atoms with Gasteiger partial charge in [0.05, 0.1) is 31.8 Å². The summed E-state index contributed by atoms with van der Waals surface area (Å²) in [4.78, 5) is 33.2. The van der Waals surface area contributed by atoms with Crippen molar-refractivity contribution >= 4 is 55.1 Å². The lowest BCUT2D eigenvalue weighted by molar-refractivity contribution is -0.890. The smallest absolute Gasteiger partial charge is 0.313 e. The molecule has 12 heteroatoms. The first-order valence-corrected chi connectivity index (χ1v) is 21.9. The lowest BCUT2D eigenvalue weighted by atomic mass is 9.41. The third kappa shape index (κ3) is 23.2. The number of hydrogen-bond donors (Lipinski definition) is 4.